The lowest BCUT2D eigenvalue weighted by Crippen LogP contribution is -1.78. The predicted molar refractivity (Wildman–Crippen MR) is 48.3 cm³/mol. The van der Waals surface area contributed by atoms with Gasteiger partial charge in [-0.25, -0.2) is 0 Å². The minimum atomic E-state index is 0.770. The number of thiol groups is 1. The highest BCUT2D eigenvalue weighted by molar-refractivity contribution is 7.79. The van der Waals surface area contributed by atoms with Crippen LogP contribution in [0.3, 0.4) is 0 Å². The molecule has 0 fully saturated rings. The van der Waals surface area contributed by atoms with E-state index in [1.807, 2.05) is 19.2 Å². The summed E-state index contributed by atoms with van der Waals surface area (Å²) in [6.45, 7) is 5.75. The fourth-order valence-corrected chi connectivity index (χ4v) is 1.27. The molecule has 0 bridgehead atoms. The van der Waals surface area contributed by atoms with Gasteiger partial charge in [0.15, 0.2) is 0 Å². The number of aryl methyl sites for hydroxylation is 1. The maximum atomic E-state index is 4.18. The third kappa shape index (κ3) is 1.12. The molecule has 0 aliphatic heterocycles. The summed E-state index contributed by atoms with van der Waals surface area (Å²) in [4.78, 5) is 3.12. The van der Waals surface area contributed by atoms with Crippen molar-refractivity contribution in [1.29, 1.82) is 0 Å². The third-order valence-corrected chi connectivity index (χ3v) is 1.93. The number of aromatic amines is 1. The van der Waals surface area contributed by atoms with Crippen molar-refractivity contribution >= 4 is 18.7 Å². The van der Waals surface area contributed by atoms with Crippen LogP contribution in [-0.2, 0) is 5.75 Å². The van der Waals surface area contributed by atoms with E-state index in [1.165, 1.54) is 16.8 Å². The highest BCUT2D eigenvalue weighted by Gasteiger charge is 2.00. The van der Waals surface area contributed by atoms with E-state index in [-0.39, 0.29) is 0 Å². The summed E-state index contributed by atoms with van der Waals surface area (Å²) < 4.78 is 0. The molecule has 0 aliphatic rings. The highest BCUT2D eigenvalue weighted by atomic mass is 32.1. The molecule has 0 unspecified atom stereocenters. The van der Waals surface area contributed by atoms with E-state index >= 15 is 0 Å². The van der Waals surface area contributed by atoms with E-state index in [2.05, 4.69) is 24.2 Å². The molecule has 0 aliphatic carbocycles. The van der Waals surface area contributed by atoms with Crippen LogP contribution in [-0.4, -0.2) is 4.98 Å². The van der Waals surface area contributed by atoms with E-state index < -0.39 is 0 Å². The first kappa shape index (κ1) is 7.48. The van der Waals surface area contributed by atoms with Crippen molar-refractivity contribution in [2.24, 2.45) is 0 Å². The quantitative estimate of drug-likeness (QED) is 0.607. The van der Waals surface area contributed by atoms with Crippen molar-refractivity contribution in [2.45, 2.75) is 12.7 Å². The van der Waals surface area contributed by atoms with E-state index in [0.29, 0.717) is 0 Å². The van der Waals surface area contributed by atoms with Crippen LogP contribution in [0.15, 0.2) is 12.8 Å². The molecule has 1 rings (SSSR count). The zero-order chi connectivity index (χ0) is 7.56. The standard InChI is InChI=1S/C8H11NS/c1-3-8-6(2)9-4-7(8)5-10/h3-4,9-10H,1,5H2,2H3. The smallest absolute Gasteiger partial charge is 0.0192 e. The van der Waals surface area contributed by atoms with E-state index in [0.717, 1.165) is 5.75 Å². The molecule has 1 N–H and O–H groups in total. The summed E-state index contributed by atoms with van der Waals surface area (Å²) in [5, 5.41) is 0. The first-order chi connectivity index (χ1) is 4.79. The normalized spacial score (nSPS) is 9.80. The molecule has 2 heteroatoms. The zero-order valence-electron chi connectivity index (χ0n) is 6.02. The van der Waals surface area contributed by atoms with Crippen LogP contribution in [0.1, 0.15) is 16.8 Å². The lowest BCUT2D eigenvalue weighted by Gasteiger charge is -1.92. The van der Waals surface area contributed by atoms with Crippen molar-refractivity contribution in [1.82, 2.24) is 4.98 Å². The van der Waals surface area contributed by atoms with Gasteiger partial charge in [-0.1, -0.05) is 12.7 Å². The van der Waals surface area contributed by atoms with Crippen molar-refractivity contribution in [3.8, 4) is 0 Å². The predicted octanol–water partition coefficient (Wildman–Crippen LogP) is 2.40. The minimum Gasteiger partial charge on any atom is -0.364 e. The molecule has 0 amide bonds. The Morgan fingerprint density at radius 1 is 1.80 bits per heavy atom. The first-order valence-electron chi connectivity index (χ1n) is 3.19. The Morgan fingerprint density at radius 2 is 2.50 bits per heavy atom. The topological polar surface area (TPSA) is 15.8 Å². The molecule has 54 valence electrons. The molecule has 1 heterocycles. The maximum Gasteiger partial charge on any atom is 0.0192 e. The third-order valence-electron chi connectivity index (χ3n) is 1.59. The average molecular weight is 153 g/mol. The largest absolute Gasteiger partial charge is 0.364 e. The van der Waals surface area contributed by atoms with Crippen LogP contribution >= 0.6 is 12.6 Å². The Hall–Kier alpha value is -0.630. The number of hydrogen-bond acceptors (Lipinski definition) is 1. The monoisotopic (exact) mass is 153 g/mol. The van der Waals surface area contributed by atoms with Crippen LogP contribution in [0.4, 0.5) is 0 Å². The number of H-pyrrole nitrogens is 1. The van der Waals surface area contributed by atoms with Crippen molar-refractivity contribution in [3.05, 3.63) is 29.6 Å². The lowest BCUT2D eigenvalue weighted by atomic mass is 10.2. The fourth-order valence-electron chi connectivity index (χ4n) is 1.01. The SMILES string of the molecule is C=Cc1c(CS)c[nH]c1C. The Kier molecular flexibility index (Phi) is 2.22. The van der Waals surface area contributed by atoms with Crippen molar-refractivity contribution in [3.63, 3.8) is 0 Å². The van der Waals surface area contributed by atoms with Gasteiger partial charge < -0.3 is 4.98 Å². The van der Waals surface area contributed by atoms with E-state index in [1.54, 1.807) is 0 Å². The second-order valence-electron chi connectivity index (χ2n) is 2.21. The molecular formula is C8H11NS. The molecule has 0 aromatic carbocycles. The van der Waals surface area contributed by atoms with E-state index in [4.69, 9.17) is 0 Å². The first-order valence-corrected chi connectivity index (χ1v) is 3.83. The van der Waals surface area contributed by atoms with Gasteiger partial charge in [-0.15, -0.1) is 0 Å². The number of rotatable bonds is 2. The Bertz CT molecular complexity index is 237. The van der Waals surface area contributed by atoms with Crippen LogP contribution in [0.2, 0.25) is 0 Å². The molecule has 10 heavy (non-hydrogen) atoms. The molecule has 0 atom stereocenters. The van der Waals surface area contributed by atoms with Gasteiger partial charge in [0, 0.05) is 17.6 Å². The minimum absolute atomic E-state index is 0.770. The summed E-state index contributed by atoms with van der Waals surface area (Å²) in [5.74, 6) is 0.770. The summed E-state index contributed by atoms with van der Waals surface area (Å²) in [6, 6.07) is 0. The zero-order valence-corrected chi connectivity index (χ0v) is 6.91. The average Bonchev–Trinajstić information content (AvgIpc) is 2.30. The van der Waals surface area contributed by atoms with Gasteiger partial charge in [0.05, 0.1) is 0 Å². The molecular weight excluding hydrogens is 142 g/mol. The molecule has 0 spiro atoms. The maximum absolute atomic E-state index is 4.18. The molecule has 1 aromatic heterocycles. The number of aromatic nitrogens is 1. The Balaban J connectivity index is 3.12. The fraction of sp³-hybridized carbons (Fsp3) is 0.250. The second kappa shape index (κ2) is 2.97. The van der Waals surface area contributed by atoms with Gasteiger partial charge in [0.2, 0.25) is 0 Å². The van der Waals surface area contributed by atoms with Crippen LogP contribution in [0, 0.1) is 6.92 Å². The van der Waals surface area contributed by atoms with Crippen LogP contribution in [0.5, 0.6) is 0 Å². The number of nitrogens with one attached hydrogen (secondary N) is 1. The summed E-state index contributed by atoms with van der Waals surface area (Å²) in [6.07, 6.45) is 3.83. The molecule has 0 radical (unpaired) electrons. The van der Waals surface area contributed by atoms with Crippen LogP contribution < -0.4 is 0 Å². The van der Waals surface area contributed by atoms with Gasteiger partial charge in [0.25, 0.3) is 0 Å². The lowest BCUT2D eigenvalue weighted by molar-refractivity contribution is 1.26. The van der Waals surface area contributed by atoms with Crippen molar-refractivity contribution in [2.75, 3.05) is 0 Å². The van der Waals surface area contributed by atoms with Gasteiger partial charge >= 0.3 is 0 Å². The van der Waals surface area contributed by atoms with Crippen LogP contribution in [0.25, 0.3) is 6.08 Å². The summed E-state index contributed by atoms with van der Waals surface area (Å²) >= 11 is 4.18. The molecule has 1 aromatic rings. The Labute approximate surface area is 66.6 Å². The summed E-state index contributed by atoms with van der Waals surface area (Å²) in [5.41, 5.74) is 3.57. The van der Waals surface area contributed by atoms with Gasteiger partial charge in [0.1, 0.15) is 0 Å². The van der Waals surface area contributed by atoms with Gasteiger partial charge in [-0.3, -0.25) is 0 Å². The molecule has 1 nitrogen and oxygen atoms in total. The molecule has 0 saturated carbocycles. The van der Waals surface area contributed by atoms with Gasteiger partial charge in [-0.05, 0) is 18.1 Å². The van der Waals surface area contributed by atoms with E-state index in [9.17, 15) is 0 Å². The highest BCUT2D eigenvalue weighted by Crippen LogP contribution is 2.15. The van der Waals surface area contributed by atoms with Gasteiger partial charge in [-0.2, -0.15) is 12.6 Å². The second-order valence-corrected chi connectivity index (χ2v) is 2.53. The van der Waals surface area contributed by atoms with Crippen molar-refractivity contribution < 1.29 is 0 Å². The number of hydrogen-bond donors (Lipinski definition) is 2. The molecule has 0 saturated heterocycles. The Morgan fingerprint density at radius 3 is 2.90 bits per heavy atom. The summed E-state index contributed by atoms with van der Waals surface area (Å²) in [7, 11) is 0.